The smallest absolute Gasteiger partial charge is 0.0568 e. The minimum Gasteiger partial charge on any atom is -0.382 e. The maximum Gasteiger partial charge on any atom is 0.0568 e. The highest BCUT2D eigenvalue weighted by Gasteiger charge is 2.20. The van der Waals surface area contributed by atoms with Gasteiger partial charge in [0.15, 0.2) is 0 Å². The molecule has 0 radical (unpaired) electrons. The van der Waals surface area contributed by atoms with Crippen molar-refractivity contribution < 1.29 is 0 Å². The zero-order chi connectivity index (χ0) is 11.5. The van der Waals surface area contributed by atoms with Gasteiger partial charge in [-0.2, -0.15) is 0 Å². The zero-order valence-corrected chi connectivity index (χ0v) is 11.8. The lowest BCUT2D eigenvalue weighted by atomic mass is 9.86. The Morgan fingerprint density at radius 3 is 2.75 bits per heavy atom. The van der Waals surface area contributed by atoms with E-state index in [0.717, 1.165) is 21.1 Å². The third-order valence-electron chi connectivity index (χ3n) is 3.38. The summed E-state index contributed by atoms with van der Waals surface area (Å²) in [5, 5.41) is 4.37. The molecule has 1 fully saturated rings. The van der Waals surface area contributed by atoms with Crippen LogP contribution in [0.5, 0.6) is 0 Å². The van der Waals surface area contributed by atoms with Gasteiger partial charge in [0, 0.05) is 16.2 Å². The second-order valence-electron chi connectivity index (χ2n) is 4.64. The molecule has 1 N–H and O–H groups in total. The summed E-state index contributed by atoms with van der Waals surface area (Å²) >= 11 is 9.49. The molecule has 0 aromatic heterocycles. The second-order valence-corrected chi connectivity index (χ2v) is 5.90. The molecule has 16 heavy (non-hydrogen) atoms. The van der Waals surface area contributed by atoms with Gasteiger partial charge in [-0.05, 0) is 52.9 Å². The molecule has 0 bridgehead atoms. The van der Waals surface area contributed by atoms with Crippen molar-refractivity contribution in [2.24, 2.45) is 5.92 Å². The van der Waals surface area contributed by atoms with Gasteiger partial charge in [-0.15, -0.1) is 0 Å². The number of nitrogens with one attached hydrogen (secondary N) is 1. The van der Waals surface area contributed by atoms with Crippen LogP contribution in [0.25, 0.3) is 0 Å². The number of hydrogen-bond donors (Lipinski definition) is 1. The molecule has 0 saturated heterocycles. The summed E-state index contributed by atoms with van der Waals surface area (Å²) in [4.78, 5) is 0. The Labute approximate surface area is 111 Å². The summed E-state index contributed by atoms with van der Waals surface area (Å²) < 4.78 is 0.955. The van der Waals surface area contributed by atoms with E-state index in [0.29, 0.717) is 6.04 Å². The average Bonchev–Trinajstić information content (AvgIpc) is 2.27. The van der Waals surface area contributed by atoms with Crippen LogP contribution in [-0.2, 0) is 0 Å². The fraction of sp³-hybridized carbons (Fsp3) is 0.538. The van der Waals surface area contributed by atoms with E-state index >= 15 is 0 Å². The van der Waals surface area contributed by atoms with Crippen LogP contribution < -0.4 is 5.32 Å². The van der Waals surface area contributed by atoms with Crippen LogP contribution in [0.15, 0.2) is 22.7 Å². The highest BCUT2D eigenvalue weighted by Crippen LogP contribution is 2.30. The standard InChI is InChI=1S/C13H17BrClN/c1-9-4-2-3-5-13(9)16-10-6-7-11(14)12(15)8-10/h6-9,13,16H,2-5H2,1H3. The highest BCUT2D eigenvalue weighted by molar-refractivity contribution is 9.10. The molecule has 1 saturated carbocycles. The summed E-state index contributed by atoms with van der Waals surface area (Å²) in [5.41, 5.74) is 1.13. The SMILES string of the molecule is CC1CCCCC1Nc1ccc(Br)c(Cl)c1. The van der Waals surface area contributed by atoms with Gasteiger partial charge in [-0.25, -0.2) is 0 Å². The van der Waals surface area contributed by atoms with Crippen LogP contribution in [0.3, 0.4) is 0 Å². The van der Waals surface area contributed by atoms with Gasteiger partial charge in [0.1, 0.15) is 0 Å². The first-order valence-corrected chi connectivity index (χ1v) is 7.05. The normalized spacial score (nSPS) is 25.4. The minimum absolute atomic E-state index is 0.603. The molecule has 0 amide bonds. The zero-order valence-electron chi connectivity index (χ0n) is 9.47. The van der Waals surface area contributed by atoms with Crippen LogP contribution in [0.4, 0.5) is 5.69 Å². The summed E-state index contributed by atoms with van der Waals surface area (Å²) in [5.74, 6) is 0.760. The molecule has 1 aliphatic carbocycles. The third kappa shape index (κ3) is 2.92. The number of anilines is 1. The van der Waals surface area contributed by atoms with Crippen molar-refractivity contribution in [3.05, 3.63) is 27.7 Å². The monoisotopic (exact) mass is 301 g/mol. The molecule has 2 unspecified atom stereocenters. The Hall–Kier alpha value is -0.210. The van der Waals surface area contributed by atoms with Crippen LogP contribution in [-0.4, -0.2) is 6.04 Å². The van der Waals surface area contributed by atoms with Gasteiger partial charge in [-0.3, -0.25) is 0 Å². The van der Waals surface area contributed by atoms with Crippen molar-refractivity contribution in [3.8, 4) is 0 Å². The number of rotatable bonds is 2. The Morgan fingerprint density at radius 2 is 2.06 bits per heavy atom. The molecule has 1 aromatic carbocycles. The maximum absolute atomic E-state index is 6.08. The van der Waals surface area contributed by atoms with Crippen LogP contribution in [0.2, 0.25) is 5.02 Å². The molecule has 0 heterocycles. The van der Waals surface area contributed by atoms with E-state index < -0.39 is 0 Å². The van der Waals surface area contributed by atoms with E-state index in [-0.39, 0.29) is 0 Å². The summed E-state index contributed by atoms with van der Waals surface area (Å²) in [6, 6.07) is 6.67. The molecular formula is C13H17BrClN. The Bertz CT molecular complexity index is 367. The van der Waals surface area contributed by atoms with E-state index in [1.807, 2.05) is 12.1 Å². The van der Waals surface area contributed by atoms with Crippen LogP contribution in [0, 0.1) is 5.92 Å². The highest BCUT2D eigenvalue weighted by atomic mass is 79.9. The number of benzene rings is 1. The third-order valence-corrected chi connectivity index (χ3v) is 4.62. The summed E-state index contributed by atoms with van der Waals surface area (Å²) in [7, 11) is 0. The van der Waals surface area contributed by atoms with Crippen LogP contribution >= 0.6 is 27.5 Å². The lowest BCUT2D eigenvalue weighted by Gasteiger charge is -2.30. The summed E-state index contributed by atoms with van der Waals surface area (Å²) in [6.07, 6.45) is 5.32. The average molecular weight is 303 g/mol. The van der Waals surface area contributed by atoms with Crippen molar-refractivity contribution in [2.75, 3.05) is 5.32 Å². The fourth-order valence-electron chi connectivity index (χ4n) is 2.33. The van der Waals surface area contributed by atoms with Gasteiger partial charge in [0.25, 0.3) is 0 Å². The first-order valence-electron chi connectivity index (χ1n) is 5.88. The summed E-state index contributed by atoms with van der Waals surface area (Å²) in [6.45, 7) is 2.33. The molecule has 88 valence electrons. The first kappa shape index (κ1) is 12.3. The fourth-order valence-corrected chi connectivity index (χ4v) is 2.76. The van der Waals surface area contributed by atoms with Crippen molar-refractivity contribution >= 4 is 33.2 Å². The van der Waals surface area contributed by atoms with Gasteiger partial charge >= 0.3 is 0 Å². The molecule has 1 aromatic rings. The van der Waals surface area contributed by atoms with E-state index in [1.54, 1.807) is 0 Å². The number of hydrogen-bond acceptors (Lipinski definition) is 1. The van der Waals surface area contributed by atoms with E-state index in [1.165, 1.54) is 25.7 Å². The predicted molar refractivity (Wildman–Crippen MR) is 74.2 cm³/mol. The molecule has 3 heteroatoms. The van der Waals surface area contributed by atoms with E-state index in [4.69, 9.17) is 11.6 Å². The predicted octanol–water partition coefficient (Wildman–Crippen LogP) is 5.09. The number of halogens is 2. The van der Waals surface area contributed by atoms with Gasteiger partial charge in [0.2, 0.25) is 0 Å². The van der Waals surface area contributed by atoms with Crippen molar-refractivity contribution in [1.82, 2.24) is 0 Å². The van der Waals surface area contributed by atoms with E-state index in [9.17, 15) is 0 Å². The Balaban J connectivity index is 2.05. The van der Waals surface area contributed by atoms with Crippen LogP contribution in [0.1, 0.15) is 32.6 Å². The molecule has 2 rings (SSSR count). The quantitative estimate of drug-likeness (QED) is 0.802. The van der Waals surface area contributed by atoms with E-state index in [2.05, 4.69) is 34.2 Å². The molecule has 1 nitrogen and oxygen atoms in total. The Kier molecular flexibility index (Phi) is 4.15. The molecule has 0 spiro atoms. The largest absolute Gasteiger partial charge is 0.382 e. The van der Waals surface area contributed by atoms with Crippen molar-refractivity contribution in [2.45, 2.75) is 38.6 Å². The first-order chi connectivity index (χ1) is 7.66. The second kappa shape index (κ2) is 5.42. The molecular weight excluding hydrogens is 286 g/mol. The van der Waals surface area contributed by atoms with Gasteiger partial charge in [-0.1, -0.05) is 31.4 Å². The molecule has 0 aliphatic heterocycles. The van der Waals surface area contributed by atoms with Crippen molar-refractivity contribution in [1.29, 1.82) is 0 Å². The van der Waals surface area contributed by atoms with Gasteiger partial charge in [0.05, 0.1) is 5.02 Å². The maximum atomic E-state index is 6.08. The lowest BCUT2D eigenvalue weighted by molar-refractivity contribution is 0.349. The van der Waals surface area contributed by atoms with Gasteiger partial charge < -0.3 is 5.32 Å². The topological polar surface area (TPSA) is 12.0 Å². The molecule has 2 atom stereocenters. The Morgan fingerprint density at radius 1 is 1.31 bits per heavy atom. The molecule has 1 aliphatic rings. The van der Waals surface area contributed by atoms with Crippen molar-refractivity contribution in [3.63, 3.8) is 0 Å². The lowest BCUT2D eigenvalue weighted by Crippen LogP contribution is -2.30. The minimum atomic E-state index is 0.603.